The van der Waals surface area contributed by atoms with Crippen LogP contribution in [0, 0.1) is 5.82 Å². The number of carbonyl (C=O) groups excluding carboxylic acids is 2. The Morgan fingerprint density at radius 3 is 2.68 bits per heavy atom. The SMILES string of the molecule is C=C(C)ON=C1CCC(NC(=O)N2CCn3c(Cl)c(-c4cccc(F)c4)c(C(N)=O)c3C2)CC1. The Morgan fingerprint density at radius 2 is 2.03 bits per heavy atom. The van der Waals surface area contributed by atoms with Crippen molar-refractivity contribution < 1.29 is 18.8 Å². The molecule has 10 heteroatoms. The molecule has 180 valence electrons. The molecule has 0 radical (unpaired) electrons. The van der Waals surface area contributed by atoms with Gasteiger partial charge in [-0.25, -0.2) is 9.18 Å². The van der Waals surface area contributed by atoms with Gasteiger partial charge in [0.15, 0.2) is 0 Å². The van der Waals surface area contributed by atoms with E-state index >= 15 is 0 Å². The van der Waals surface area contributed by atoms with Gasteiger partial charge in [0.25, 0.3) is 5.91 Å². The van der Waals surface area contributed by atoms with E-state index in [2.05, 4.69) is 17.1 Å². The van der Waals surface area contributed by atoms with Crippen LogP contribution in [0.15, 0.2) is 41.8 Å². The van der Waals surface area contributed by atoms with E-state index in [0.717, 1.165) is 31.4 Å². The molecule has 0 bridgehead atoms. The first-order valence-electron chi connectivity index (χ1n) is 11.1. The molecule has 3 N–H and O–H groups in total. The minimum Gasteiger partial charge on any atom is -0.366 e. The van der Waals surface area contributed by atoms with Crippen LogP contribution in [0.1, 0.15) is 48.7 Å². The lowest BCUT2D eigenvalue weighted by atomic mass is 9.94. The summed E-state index contributed by atoms with van der Waals surface area (Å²) in [5.41, 5.74) is 8.27. The van der Waals surface area contributed by atoms with Crippen LogP contribution in [-0.2, 0) is 17.9 Å². The molecule has 1 aromatic heterocycles. The molecule has 0 unspecified atom stereocenters. The van der Waals surface area contributed by atoms with E-state index in [9.17, 15) is 14.0 Å². The third kappa shape index (κ3) is 4.94. The molecule has 2 aromatic rings. The fraction of sp³-hybridized carbons (Fsp3) is 0.375. The third-order valence-electron chi connectivity index (χ3n) is 6.11. The topological polar surface area (TPSA) is 102 Å². The monoisotopic (exact) mass is 487 g/mol. The molecule has 1 aliphatic carbocycles. The van der Waals surface area contributed by atoms with Gasteiger partial charge in [0, 0.05) is 24.7 Å². The molecule has 34 heavy (non-hydrogen) atoms. The zero-order valence-electron chi connectivity index (χ0n) is 18.9. The summed E-state index contributed by atoms with van der Waals surface area (Å²) in [5, 5.41) is 7.48. The van der Waals surface area contributed by atoms with Gasteiger partial charge in [-0.3, -0.25) is 4.79 Å². The largest absolute Gasteiger partial charge is 0.366 e. The van der Waals surface area contributed by atoms with E-state index in [-0.39, 0.29) is 24.2 Å². The van der Waals surface area contributed by atoms with Crippen molar-refractivity contribution in [1.29, 1.82) is 0 Å². The average molecular weight is 488 g/mol. The summed E-state index contributed by atoms with van der Waals surface area (Å²) in [6, 6.07) is 5.66. The van der Waals surface area contributed by atoms with Crippen LogP contribution in [0.3, 0.4) is 0 Å². The molecule has 0 spiro atoms. The fourth-order valence-electron chi connectivity index (χ4n) is 4.46. The van der Waals surface area contributed by atoms with E-state index < -0.39 is 11.7 Å². The minimum atomic E-state index is -0.673. The van der Waals surface area contributed by atoms with Gasteiger partial charge in [-0.15, -0.1) is 0 Å². The smallest absolute Gasteiger partial charge is 0.318 e. The average Bonchev–Trinajstić information content (AvgIpc) is 3.10. The van der Waals surface area contributed by atoms with Crippen molar-refractivity contribution in [1.82, 2.24) is 14.8 Å². The molecule has 1 fully saturated rings. The molecule has 4 rings (SSSR count). The maximum absolute atomic E-state index is 13.8. The highest BCUT2D eigenvalue weighted by Crippen LogP contribution is 2.38. The number of primary amides is 1. The van der Waals surface area contributed by atoms with E-state index in [4.69, 9.17) is 22.2 Å². The lowest BCUT2D eigenvalue weighted by molar-refractivity contribution is 0.0997. The Morgan fingerprint density at radius 1 is 1.29 bits per heavy atom. The number of allylic oxidation sites excluding steroid dienone is 1. The molecule has 2 heterocycles. The Balaban J connectivity index is 1.49. The summed E-state index contributed by atoms with van der Waals surface area (Å²) in [7, 11) is 0. The van der Waals surface area contributed by atoms with Gasteiger partial charge >= 0.3 is 6.03 Å². The summed E-state index contributed by atoms with van der Waals surface area (Å²) in [6.45, 7) is 6.39. The number of benzene rings is 1. The van der Waals surface area contributed by atoms with Crippen LogP contribution in [0.5, 0.6) is 0 Å². The quantitative estimate of drug-likeness (QED) is 0.482. The number of fused-ring (bicyclic) bond motifs is 1. The van der Waals surface area contributed by atoms with Gasteiger partial charge in [0.1, 0.15) is 16.7 Å². The van der Waals surface area contributed by atoms with Crippen LogP contribution in [-0.4, -0.2) is 39.7 Å². The highest BCUT2D eigenvalue weighted by molar-refractivity contribution is 6.33. The molecule has 8 nitrogen and oxygen atoms in total. The number of hydrogen-bond donors (Lipinski definition) is 2. The first-order chi connectivity index (χ1) is 16.2. The Labute approximate surface area is 202 Å². The van der Waals surface area contributed by atoms with Gasteiger partial charge in [-0.05, 0) is 50.3 Å². The second-order valence-corrected chi connectivity index (χ2v) is 8.97. The second kappa shape index (κ2) is 9.89. The van der Waals surface area contributed by atoms with Gasteiger partial charge in [0.05, 0.1) is 23.5 Å². The molecule has 1 aromatic carbocycles. The highest BCUT2D eigenvalue weighted by Gasteiger charge is 2.32. The molecular weight excluding hydrogens is 461 g/mol. The number of oxime groups is 1. The molecule has 1 saturated carbocycles. The van der Waals surface area contributed by atoms with Gasteiger partial charge in [-0.1, -0.05) is 35.5 Å². The molecule has 0 atom stereocenters. The highest BCUT2D eigenvalue weighted by atomic mass is 35.5. The zero-order valence-corrected chi connectivity index (χ0v) is 19.7. The first kappa shape index (κ1) is 23.8. The van der Waals surface area contributed by atoms with Crippen molar-refractivity contribution in [2.24, 2.45) is 10.9 Å². The number of nitrogens with zero attached hydrogens (tertiary/aromatic N) is 3. The number of aromatic nitrogens is 1. The molecule has 2 aliphatic rings. The maximum Gasteiger partial charge on any atom is 0.318 e. The van der Waals surface area contributed by atoms with Gasteiger partial charge < -0.3 is 25.4 Å². The van der Waals surface area contributed by atoms with Crippen LogP contribution in [0.25, 0.3) is 11.1 Å². The van der Waals surface area contributed by atoms with E-state index in [1.54, 1.807) is 28.5 Å². The summed E-state index contributed by atoms with van der Waals surface area (Å²) >= 11 is 6.61. The number of nitrogens with one attached hydrogen (secondary N) is 1. The van der Waals surface area contributed by atoms with Crippen LogP contribution in [0.4, 0.5) is 9.18 Å². The van der Waals surface area contributed by atoms with Crippen molar-refractivity contribution in [3.05, 3.63) is 58.8 Å². The third-order valence-corrected chi connectivity index (χ3v) is 6.50. The number of carbonyl (C=O) groups is 2. The maximum atomic E-state index is 13.8. The summed E-state index contributed by atoms with van der Waals surface area (Å²) in [5.74, 6) is -0.581. The summed E-state index contributed by atoms with van der Waals surface area (Å²) < 4.78 is 15.6. The summed E-state index contributed by atoms with van der Waals surface area (Å²) in [6.07, 6.45) is 2.99. The number of nitrogens with two attached hydrogens (primary N) is 1. The Hall–Kier alpha value is -3.33. The number of urea groups is 1. The number of amides is 3. The molecule has 0 saturated heterocycles. The predicted octanol–water partition coefficient (Wildman–Crippen LogP) is 4.42. The van der Waals surface area contributed by atoms with Crippen LogP contribution >= 0.6 is 11.6 Å². The van der Waals surface area contributed by atoms with Crippen molar-refractivity contribution in [3.8, 4) is 11.1 Å². The van der Waals surface area contributed by atoms with Crippen molar-refractivity contribution in [3.63, 3.8) is 0 Å². The van der Waals surface area contributed by atoms with Gasteiger partial charge in [-0.2, -0.15) is 0 Å². The molecular formula is C24H27ClFN5O3. The fourth-order valence-corrected chi connectivity index (χ4v) is 4.85. The first-order valence-corrected chi connectivity index (χ1v) is 11.5. The van der Waals surface area contributed by atoms with Crippen molar-refractivity contribution in [2.45, 2.75) is 51.7 Å². The predicted molar refractivity (Wildman–Crippen MR) is 128 cm³/mol. The minimum absolute atomic E-state index is 0.0204. The second-order valence-electron chi connectivity index (χ2n) is 8.61. The summed E-state index contributed by atoms with van der Waals surface area (Å²) in [4.78, 5) is 32.2. The van der Waals surface area contributed by atoms with Crippen molar-refractivity contribution >= 4 is 29.3 Å². The molecule has 3 amide bonds. The number of halogens is 2. The van der Waals surface area contributed by atoms with E-state index in [1.165, 1.54) is 12.1 Å². The lowest BCUT2D eigenvalue weighted by Gasteiger charge is -2.32. The van der Waals surface area contributed by atoms with Crippen LogP contribution in [0.2, 0.25) is 5.15 Å². The Bertz CT molecular complexity index is 1170. The normalized spacial score (nSPS) is 17.7. The zero-order chi connectivity index (χ0) is 24.4. The number of rotatable bonds is 5. The van der Waals surface area contributed by atoms with Crippen molar-refractivity contribution in [2.75, 3.05) is 6.54 Å². The van der Waals surface area contributed by atoms with E-state index in [0.29, 0.717) is 40.8 Å². The van der Waals surface area contributed by atoms with Gasteiger partial charge in [0.2, 0.25) is 0 Å². The Kier molecular flexibility index (Phi) is 6.92. The van der Waals surface area contributed by atoms with Crippen LogP contribution < -0.4 is 11.1 Å². The van der Waals surface area contributed by atoms with E-state index in [1.807, 2.05) is 0 Å². The lowest BCUT2D eigenvalue weighted by Crippen LogP contribution is -2.48. The molecule has 1 aliphatic heterocycles. The standard InChI is InChI=1S/C24H27ClFN5O3/c1-14(2)34-29-18-8-6-17(7-9-18)28-24(33)30-10-11-31-19(13-30)21(23(27)32)20(22(31)25)15-4-3-5-16(26)12-15/h3-5,12,17H,1,6-11,13H2,2H3,(H2,27,32)(H,28,33). The number of hydrogen-bond acceptors (Lipinski definition) is 4.